The zero-order valence-corrected chi connectivity index (χ0v) is 12.4. The Morgan fingerprint density at radius 3 is 2.32 bits per heavy atom. The van der Waals surface area contributed by atoms with E-state index in [1.165, 1.54) is 10.7 Å². The van der Waals surface area contributed by atoms with Gasteiger partial charge in [0.1, 0.15) is 6.54 Å². The van der Waals surface area contributed by atoms with Crippen LogP contribution in [0.2, 0.25) is 0 Å². The Morgan fingerprint density at radius 2 is 1.89 bits per heavy atom. The quantitative estimate of drug-likeness (QED) is 0.813. The number of carbonyl (C=O) groups is 1. The van der Waals surface area contributed by atoms with Crippen molar-refractivity contribution in [3.63, 3.8) is 0 Å². The second-order valence-corrected chi connectivity index (χ2v) is 5.56. The van der Waals surface area contributed by atoms with E-state index in [9.17, 15) is 9.59 Å². The van der Waals surface area contributed by atoms with E-state index in [1.807, 2.05) is 39.5 Å². The SMILES string of the molecule is CCN(CC)c1cnn(CC(=O)C(C)(C)C)c(=O)c1. The largest absolute Gasteiger partial charge is 0.371 e. The van der Waals surface area contributed by atoms with E-state index in [0.29, 0.717) is 0 Å². The number of rotatable bonds is 5. The average molecular weight is 265 g/mol. The molecule has 0 bridgehead atoms. The standard InChI is InChI=1S/C14H23N3O2/c1-6-16(7-2)11-8-13(19)17(15-9-11)10-12(18)14(3,4)5/h8-9H,6-7,10H2,1-5H3. The van der Waals surface area contributed by atoms with Gasteiger partial charge in [0.15, 0.2) is 5.78 Å². The molecule has 0 aliphatic carbocycles. The zero-order valence-electron chi connectivity index (χ0n) is 12.4. The van der Waals surface area contributed by atoms with Gasteiger partial charge in [0.2, 0.25) is 0 Å². The van der Waals surface area contributed by atoms with Crippen LogP contribution in [0.3, 0.4) is 0 Å². The van der Waals surface area contributed by atoms with Gasteiger partial charge in [-0.15, -0.1) is 0 Å². The maximum atomic E-state index is 12.0. The first-order valence-electron chi connectivity index (χ1n) is 6.65. The molecule has 1 aromatic heterocycles. The van der Waals surface area contributed by atoms with Gasteiger partial charge >= 0.3 is 0 Å². The van der Waals surface area contributed by atoms with Crippen LogP contribution in [0.25, 0.3) is 0 Å². The van der Waals surface area contributed by atoms with E-state index >= 15 is 0 Å². The van der Waals surface area contributed by atoms with Gasteiger partial charge in [0.05, 0.1) is 11.9 Å². The molecule has 0 spiro atoms. The average Bonchev–Trinajstić information content (AvgIpc) is 2.32. The first-order chi connectivity index (χ1) is 8.79. The van der Waals surface area contributed by atoms with Crippen LogP contribution in [-0.2, 0) is 11.3 Å². The molecule has 0 aliphatic rings. The summed E-state index contributed by atoms with van der Waals surface area (Å²) < 4.78 is 1.22. The van der Waals surface area contributed by atoms with Gasteiger partial charge in [-0.3, -0.25) is 9.59 Å². The summed E-state index contributed by atoms with van der Waals surface area (Å²) in [6.45, 7) is 11.2. The molecule has 0 fully saturated rings. The minimum atomic E-state index is -0.460. The lowest BCUT2D eigenvalue weighted by Gasteiger charge is -2.21. The summed E-state index contributed by atoms with van der Waals surface area (Å²) >= 11 is 0. The number of anilines is 1. The van der Waals surface area contributed by atoms with E-state index in [0.717, 1.165) is 18.8 Å². The van der Waals surface area contributed by atoms with Gasteiger partial charge in [-0.25, -0.2) is 4.68 Å². The Hall–Kier alpha value is -1.65. The molecule has 1 rings (SSSR count). The zero-order chi connectivity index (χ0) is 14.6. The summed E-state index contributed by atoms with van der Waals surface area (Å²) in [4.78, 5) is 25.9. The summed E-state index contributed by atoms with van der Waals surface area (Å²) in [5, 5.41) is 4.09. The van der Waals surface area contributed by atoms with Crippen molar-refractivity contribution < 1.29 is 4.79 Å². The third-order valence-electron chi connectivity index (χ3n) is 3.11. The van der Waals surface area contributed by atoms with E-state index in [1.54, 1.807) is 6.20 Å². The number of nitrogens with zero attached hydrogens (tertiary/aromatic N) is 3. The van der Waals surface area contributed by atoms with E-state index in [2.05, 4.69) is 5.10 Å². The second kappa shape index (κ2) is 5.99. The molecule has 1 heterocycles. The highest BCUT2D eigenvalue weighted by molar-refractivity contribution is 5.83. The molecule has 0 aromatic carbocycles. The molecular weight excluding hydrogens is 242 g/mol. The number of aromatic nitrogens is 2. The van der Waals surface area contributed by atoms with E-state index in [-0.39, 0.29) is 17.9 Å². The Morgan fingerprint density at radius 1 is 1.32 bits per heavy atom. The van der Waals surface area contributed by atoms with Crippen molar-refractivity contribution >= 4 is 11.5 Å². The second-order valence-electron chi connectivity index (χ2n) is 5.56. The topological polar surface area (TPSA) is 55.2 Å². The Balaban J connectivity index is 2.96. The number of hydrogen-bond donors (Lipinski definition) is 0. The lowest BCUT2D eigenvalue weighted by Crippen LogP contribution is -2.33. The molecular formula is C14H23N3O2. The highest BCUT2D eigenvalue weighted by Gasteiger charge is 2.22. The van der Waals surface area contributed by atoms with Crippen molar-refractivity contribution in [2.24, 2.45) is 5.41 Å². The molecule has 5 heteroatoms. The van der Waals surface area contributed by atoms with Crippen LogP contribution in [0.4, 0.5) is 5.69 Å². The molecule has 5 nitrogen and oxygen atoms in total. The molecule has 0 saturated carbocycles. The van der Waals surface area contributed by atoms with Crippen LogP contribution in [-0.4, -0.2) is 28.7 Å². The summed E-state index contributed by atoms with van der Waals surface area (Å²) in [7, 11) is 0. The van der Waals surface area contributed by atoms with Gasteiger partial charge in [0, 0.05) is 24.6 Å². The van der Waals surface area contributed by atoms with Crippen molar-refractivity contribution in [3.8, 4) is 0 Å². The minimum absolute atomic E-state index is 0.00214. The van der Waals surface area contributed by atoms with Crippen LogP contribution in [0.15, 0.2) is 17.1 Å². The third-order valence-corrected chi connectivity index (χ3v) is 3.11. The lowest BCUT2D eigenvalue weighted by molar-refractivity contribution is -0.127. The molecule has 0 atom stereocenters. The number of carbonyl (C=O) groups excluding carboxylic acids is 1. The van der Waals surface area contributed by atoms with Crippen LogP contribution >= 0.6 is 0 Å². The Kier molecular flexibility index (Phi) is 4.86. The van der Waals surface area contributed by atoms with Crippen LogP contribution in [0.1, 0.15) is 34.6 Å². The third kappa shape index (κ3) is 3.91. The van der Waals surface area contributed by atoms with Crippen LogP contribution in [0, 0.1) is 5.41 Å². The first kappa shape index (κ1) is 15.4. The van der Waals surface area contributed by atoms with E-state index in [4.69, 9.17) is 0 Å². The van der Waals surface area contributed by atoms with Crippen molar-refractivity contribution in [1.29, 1.82) is 0 Å². The van der Waals surface area contributed by atoms with Gasteiger partial charge < -0.3 is 4.90 Å². The molecule has 0 saturated heterocycles. The predicted molar refractivity (Wildman–Crippen MR) is 76.5 cm³/mol. The normalized spacial score (nSPS) is 11.4. The molecule has 0 amide bonds. The Bertz CT molecular complexity index is 496. The van der Waals surface area contributed by atoms with E-state index < -0.39 is 5.41 Å². The maximum absolute atomic E-state index is 12.0. The minimum Gasteiger partial charge on any atom is -0.371 e. The number of Topliss-reactive ketones (excluding diaryl/α,β-unsaturated/α-hetero) is 1. The van der Waals surface area contributed by atoms with Gasteiger partial charge in [-0.1, -0.05) is 20.8 Å². The van der Waals surface area contributed by atoms with Crippen molar-refractivity contribution in [1.82, 2.24) is 9.78 Å². The molecule has 0 radical (unpaired) electrons. The molecule has 0 unspecified atom stereocenters. The van der Waals surface area contributed by atoms with Crippen molar-refractivity contribution in [2.75, 3.05) is 18.0 Å². The molecule has 0 N–H and O–H groups in total. The molecule has 106 valence electrons. The summed E-state index contributed by atoms with van der Waals surface area (Å²) in [6.07, 6.45) is 1.64. The fourth-order valence-corrected chi connectivity index (χ4v) is 1.68. The smallest absolute Gasteiger partial charge is 0.269 e. The van der Waals surface area contributed by atoms with Crippen molar-refractivity contribution in [2.45, 2.75) is 41.2 Å². The number of hydrogen-bond acceptors (Lipinski definition) is 4. The fourth-order valence-electron chi connectivity index (χ4n) is 1.68. The Labute approximate surface area is 114 Å². The van der Waals surface area contributed by atoms with Crippen molar-refractivity contribution in [3.05, 3.63) is 22.6 Å². The molecule has 19 heavy (non-hydrogen) atoms. The monoisotopic (exact) mass is 265 g/mol. The molecule has 1 aromatic rings. The number of ketones is 1. The molecule has 0 aliphatic heterocycles. The fraction of sp³-hybridized carbons (Fsp3) is 0.643. The highest BCUT2D eigenvalue weighted by Crippen LogP contribution is 2.15. The lowest BCUT2D eigenvalue weighted by atomic mass is 9.91. The maximum Gasteiger partial charge on any atom is 0.269 e. The summed E-state index contributed by atoms with van der Waals surface area (Å²) in [6, 6.07) is 1.54. The highest BCUT2D eigenvalue weighted by atomic mass is 16.1. The van der Waals surface area contributed by atoms with Gasteiger partial charge in [-0.05, 0) is 13.8 Å². The van der Waals surface area contributed by atoms with Gasteiger partial charge in [-0.2, -0.15) is 5.10 Å². The predicted octanol–water partition coefficient (Wildman–Crippen LogP) is 1.70. The first-order valence-corrected chi connectivity index (χ1v) is 6.65. The van der Waals surface area contributed by atoms with Crippen LogP contribution < -0.4 is 10.5 Å². The summed E-state index contributed by atoms with van der Waals surface area (Å²) in [5.74, 6) is -0.00214. The van der Waals surface area contributed by atoms with Crippen LogP contribution in [0.5, 0.6) is 0 Å². The summed E-state index contributed by atoms with van der Waals surface area (Å²) in [5.41, 5.74) is 0.107. The van der Waals surface area contributed by atoms with Gasteiger partial charge in [0.25, 0.3) is 5.56 Å².